The van der Waals surface area contributed by atoms with E-state index >= 15 is 0 Å². The van der Waals surface area contributed by atoms with Crippen LogP contribution in [0.3, 0.4) is 0 Å². The summed E-state index contributed by atoms with van der Waals surface area (Å²) in [6, 6.07) is 0.163. The summed E-state index contributed by atoms with van der Waals surface area (Å²) in [7, 11) is -1.32. The number of hydrogen-bond donors (Lipinski definition) is 1. The van der Waals surface area contributed by atoms with Crippen LogP contribution < -0.4 is 5.32 Å². The van der Waals surface area contributed by atoms with Gasteiger partial charge in [0.25, 0.3) is 0 Å². The molecule has 1 aliphatic rings. The molecule has 1 fully saturated rings. The van der Waals surface area contributed by atoms with Gasteiger partial charge in [-0.05, 0) is 19.4 Å². The predicted octanol–water partition coefficient (Wildman–Crippen LogP) is 0.442. The molecule has 0 aliphatic carbocycles. The first kappa shape index (κ1) is 14.2. The molecule has 1 N–H and O–H groups in total. The fraction of sp³-hybridized carbons (Fsp3) is 1.00. The molecule has 1 aliphatic heterocycles. The largest absolute Gasteiger partial charge is 0.315 e. The Morgan fingerprint density at radius 3 is 2.57 bits per heavy atom. The Labute approximate surface area is 92.5 Å². The van der Waals surface area contributed by atoms with Crippen molar-refractivity contribution >= 4 is 22.4 Å². The van der Waals surface area contributed by atoms with Crippen LogP contribution in [0.2, 0.25) is 0 Å². The van der Waals surface area contributed by atoms with Crippen molar-refractivity contribution < 1.29 is 8.42 Å². The van der Waals surface area contributed by atoms with Crippen molar-refractivity contribution in [3.05, 3.63) is 0 Å². The molecule has 0 aromatic heterocycles. The molecule has 6 heteroatoms. The lowest BCUT2D eigenvalue weighted by Gasteiger charge is -2.22. The van der Waals surface area contributed by atoms with Crippen molar-refractivity contribution in [2.75, 3.05) is 25.9 Å². The first-order chi connectivity index (χ1) is 6.08. The Kier molecular flexibility index (Phi) is 5.97. The Morgan fingerprint density at radius 1 is 1.50 bits per heavy atom. The van der Waals surface area contributed by atoms with Gasteiger partial charge in [0.2, 0.25) is 10.0 Å². The number of sulfonamides is 1. The van der Waals surface area contributed by atoms with Gasteiger partial charge in [-0.3, -0.25) is 0 Å². The van der Waals surface area contributed by atoms with E-state index in [0.29, 0.717) is 6.42 Å². The number of halogens is 1. The third kappa shape index (κ3) is 3.38. The van der Waals surface area contributed by atoms with E-state index in [-0.39, 0.29) is 24.2 Å². The van der Waals surface area contributed by atoms with Gasteiger partial charge in [0, 0.05) is 19.6 Å². The fourth-order valence-electron chi connectivity index (χ4n) is 1.58. The van der Waals surface area contributed by atoms with Gasteiger partial charge in [0.05, 0.1) is 5.75 Å². The first-order valence-electron chi connectivity index (χ1n) is 4.74. The second kappa shape index (κ2) is 5.90. The highest BCUT2D eigenvalue weighted by molar-refractivity contribution is 7.89. The zero-order valence-corrected chi connectivity index (χ0v) is 10.3. The summed E-state index contributed by atoms with van der Waals surface area (Å²) in [5, 5.41) is 3.16. The maximum absolute atomic E-state index is 11.6. The molecule has 0 radical (unpaired) electrons. The van der Waals surface area contributed by atoms with Gasteiger partial charge in [-0.15, -0.1) is 12.4 Å². The lowest BCUT2D eigenvalue weighted by molar-refractivity contribution is 0.387. The van der Waals surface area contributed by atoms with Gasteiger partial charge in [0.15, 0.2) is 0 Å². The minimum atomic E-state index is -3.00. The van der Waals surface area contributed by atoms with Crippen LogP contribution in [0.5, 0.6) is 0 Å². The normalized spacial score (nSPS) is 22.4. The van der Waals surface area contributed by atoms with Crippen molar-refractivity contribution in [2.24, 2.45) is 0 Å². The number of rotatable bonds is 4. The van der Waals surface area contributed by atoms with E-state index in [9.17, 15) is 8.42 Å². The summed E-state index contributed by atoms with van der Waals surface area (Å²) in [4.78, 5) is 0. The van der Waals surface area contributed by atoms with Gasteiger partial charge in [-0.25, -0.2) is 12.7 Å². The van der Waals surface area contributed by atoms with Crippen LogP contribution in [0.1, 0.15) is 19.8 Å². The van der Waals surface area contributed by atoms with E-state index in [1.807, 2.05) is 6.92 Å². The summed E-state index contributed by atoms with van der Waals surface area (Å²) in [5.41, 5.74) is 0. The summed E-state index contributed by atoms with van der Waals surface area (Å²) >= 11 is 0. The predicted molar refractivity (Wildman–Crippen MR) is 60.4 cm³/mol. The molecular formula is C8H19ClN2O2S. The molecule has 1 rings (SSSR count). The van der Waals surface area contributed by atoms with E-state index in [0.717, 1.165) is 19.5 Å². The van der Waals surface area contributed by atoms with Crippen molar-refractivity contribution in [3.63, 3.8) is 0 Å². The van der Waals surface area contributed by atoms with Crippen LogP contribution in [0.25, 0.3) is 0 Å². The molecule has 0 bridgehead atoms. The fourth-order valence-corrected chi connectivity index (χ4v) is 3.02. The van der Waals surface area contributed by atoms with Crippen LogP contribution >= 0.6 is 12.4 Å². The first-order valence-corrected chi connectivity index (χ1v) is 6.35. The average Bonchev–Trinajstić information content (AvgIpc) is 2.54. The Bertz CT molecular complexity index is 250. The third-order valence-corrected chi connectivity index (χ3v) is 4.55. The highest BCUT2D eigenvalue weighted by Crippen LogP contribution is 2.11. The van der Waals surface area contributed by atoms with Crippen molar-refractivity contribution in [1.82, 2.24) is 9.62 Å². The minimum absolute atomic E-state index is 0. The monoisotopic (exact) mass is 242 g/mol. The average molecular weight is 243 g/mol. The zero-order valence-electron chi connectivity index (χ0n) is 8.69. The maximum atomic E-state index is 11.6. The lowest BCUT2D eigenvalue weighted by Crippen LogP contribution is -2.39. The van der Waals surface area contributed by atoms with Gasteiger partial charge >= 0.3 is 0 Å². The summed E-state index contributed by atoms with van der Waals surface area (Å²) in [5.74, 6) is 0.264. The van der Waals surface area contributed by atoms with E-state index in [1.54, 1.807) is 7.05 Å². The van der Waals surface area contributed by atoms with Crippen LogP contribution in [-0.2, 0) is 10.0 Å². The van der Waals surface area contributed by atoms with E-state index in [1.165, 1.54) is 4.31 Å². The van der Waals surface area contributed by atoms with Gasteiger partial charge in [-0.1, -0.05) is 6.92 Å². The quantitative estimate of drug-likeness (QED) is 0.779. The Morgan fingerprint density at radius 2 is 2.14 bits per heavy atom. The molecule has 0 aromatic carbocycles. The second-order valence-corrected chi connectivity index (χ2v) is 5.63. The van der Waals surface area contributed by atoms with Gasteiger partial charge in [-0.2, -0.15) is 0 Å². The highest BCUT2D eigenvalue weighted by Gasteiger charge is 2.27. The molecule has 1 heterocycles. The lowest BCUT2D eigenvalue weighted by atomic mass is 10.3. The standard InChI is InChI=1S/C8H18N2O2S.ClH/c1-3-6-13(11,12)10(2)8-4-5-9-7-8;/h8-9H,3-7H2,1-2H3;1H. The van der Waals surface area contributed by atoms with Crippen LogP contribution in [0.15, 0.2) is 0 Å². The molecule has 1 atom stereocenters. The van der Waals surface area contributed by atoms with Crippen molar-refractivity contribution in [2.45, 2.75) is 25.8 Å². The van der Waals surface area contributed by atoms with E-state index in [2.05, 4.69) is 5.32 Å². The Balaban J connectivity index is 0.00000169. The summed E-state index contributed by atoms with van der Waals surface area (Å²) < 4.78 is 24.8. The molecule has 0 amide bonds. The minimum Gasteiger partial charge on any atom is -0.315 e. The molecule has 1 saturated heterocycles. The Hall–Kier alpha value is 0.160. The van der Waals surface area contributed by atoms with E-state index in [4.69, 9.17) is 0 Å². The molecule has 86 valence electrons. The highest BCUT2D eigenvalue weighted by atomic mass is 35.5. The van der Waals surface area contributed by atoms with Gasteiger partial charge in [0.1, 0.15) is 0 Å². The molecule has 0 saturated carbocycles. The molecule has 4 nitrogen and oxygen atoms in total. The number of nitrogens with zero attached hydrogens (tertiary/aromatic N) is 1. The van der Waals surface area contributed by atoms with Crippen molar-refractivity contribution in [3.8, 4) is 0 Å². The zero-order chi connectivity index (χ0) is 9.90. The van der Waals surface area contributed by atoms with Gasteiger partial charge < -0.3 is 5.32 Å². The molecule has 0 spiro atoms. The third-order valence-electron chi connectivity index (χ3n) is 2.45. The SMILES string of the molecule is CCCS(=O)(=O)N(C)C1CCNC1.Cl. The molecule has 0 aromatic rings. The topological polar surface area (TPSA) is 49.4 Å². The summed E-state index contributed by atoms with van der Waals surface area (Å²) in [6.07, 6.45) is 1.62. The van der Waals surface area contributed by atoms with E-state index < -0.39 is 10.0 Å². The smallest absolute Gasteiger partial charge is 0.214 e. The number of likely N-dealkylation sites (N-methyl/N-ethyl adjacent to an activating group) is 1. The second-order valence-electron chi connectivity index (χ2n) is 3.48. The molecule has 1 unspecified atom stereocenters. The number of nitrogens with one attached hydrogen (secondary N) is 1. The van der Waals surface area contributed by atoms with Crippen LogP contribution in [0, 0.1) is 0 Å². The maximum Gasteiger partial charge on any atom is 0.214 e. The van der Waals surface area contributed by atoms with Crippen LogP contribution in [-0.4, -0.2) is 44.7 Å². The molecule has 14 heavy (non-hydrogen) atoms. The summed E-state index contributed by atoms with van der Waals surface area (Å²) in [6.45, 7) is 3.61. The number of hydrogen-bond acceptors (Lipinski definition) is 3. The van der Waals surface area contributed by atoms with Crippen molar-refractivity contribution in [1.29, 1.82) is 0 Å². The van der Waals surface area contributed by atoms with Crippen LogP contribution in [0.4, 0.5) is 0 Å². The molecular weight excluding hydrogens is 224 g/mol.